The number of benzene rings is 2. The van der Waals surface area contributed by atoms with Gasteiger partial charge in [0.1, 0.15) is 36.4 Å². The summed E-state index contributed by atoms with van der Waals surface area (Å²) < 4.78 is 42.4. The average Bonchev–Trinajstić information content (AvgIpc) is 3.22. The largest absolute Gasteiger partial charge is 0.481 e. The third kappa shape index (κ3) is 14.1. The van der Waals surface area contributed by atoms with E-state index < -0.39 is 133 Å². The van der Waals surface area contributed by atoms with Gasteiger partial charge in [-0.2, -0.15) is 0 Å². The number of halogens is 2. The monoisotopic (exact) mass is 872 g/mol. The molecule has 336 valence electrons. The minimum absolute atomic E-state index is 0.144. The normalized spacial score (nSPS) is 16.3. The molecule has 2 unspecified atom stereocenters. The first-order valence-electron chi connectivity index (χ1n) is 19.3. The molecule has 0 saturated carbocycles. The number of ketones is 1. The fourth-order valence-electron chi connectivity index (χ4n) is 6.28. The van der Waals surface area contributed by atoms with E-state index in [1.54, 1.807) is 30.4 Å². The molecule has 0 saturated heterocycles. The Kier molecular flexibility index (Phi) is 18.5. The van der Waals surface area contributed by atoms with Crippen molar-refractivity contribution in [2.45, 2.75) is 82.7 Å². The summed E-state index contributed by atoms with van der Waals surface area (Å²) in [6.07, 6.45) is 1.10. The molecular weight excluding hydrogens is 822 g/mol. The fourth-order valence-corrected chi connectivity index (χ4v) is 6.28. The van der Waals surface area contributed by atoms with Gasteiger partial charge in [-0.1, -0.05) is 44.2 Å². The zero-order chi connectivity index (χ0) is 46.1. The quantitative estimate of drug-likeness (QED) is 0.0576. The minimum atomic E-state index is -1.72. The number of fused-ring (bicyclic) bond motifs is 1. The molecule has 1 aliphatic heterocycles. The lowest BCUT2D eigenvalue weighted by molar-refractivity contribution is -0.145. The molecule has 3 rings (SSSR count). The third-order valence-electron chi connectivity index (χ3n) is 9.54. The van der Waals surface area contributed by atoms with Crippen molar-refractivity contribution >= 4 is 65.5 Å². The van der Waals surface area contributed by atoms with Crippen LogP contribution in [0.1, 0.15) is 58.4 Å². The van der Waals surface area contributed by atoms with Crippen LogP contribution in [0.2, 0.25) is 0 Å². The van der Waals surface area contributed by atoms with Gasteiger partial charge in [-0.05, 0) is 55.5 Å². The van der Waals surface area contributed by atoms with E-state index in [2.05, 4.69) is 36.6 Å². The first kappa shape index (κ1) is 49.4. The minimum Gasteiger partial charge on any atom is -0.481 e. The zero-order valence-corrected chi connectivity index (χ0v) is 34.6. The maximum absolute atomic E-state index is 14.2. The molecule has 0 fully saturated rings. The van der Waals surface area contributed by atoms with Crippen molar-refractivity contribution in [2.75, 3.05) is 26.1 Å². The second-order valence-corrected chi connectivity index (χ2v) is 14.6. The number of anilines is 1. The van der Waals surface area contributed by atoms with Crippen LogP contribution in [0.3, 0.4) is 0 Å². The Balaban J connectivity index is 1.83. The number of esters is 2. The Morgan fingerprint density at radius 1 is 0.774 bits per heavy atom. The predicted molar refractivity (Wildman–Crippen MR) is 214 cm³/mol. The summed E-state index contributed by atoms with van der Waals surface area (Å²) in [7, 11) is 2.04. The molecule has 0 aromatic heterocycles. The molecule has 19 nitrogen and oxygen atoms in total. The maximum Gasteiger partial charge on any atom is 0.308 e. The van der Waals surface area contributed by atoms with E-state index >= 15 is 0 Å². The highest BCUT2D eigenvalue weighted by Crippen LogP contribution is 2.34. The summed E-state index contributed by atoms with van der Waals surface area (Å²) in [5.41, 5.74) is -0.165. The Labute approximate surface area is 355 Å². The van der Waals surface area contributed by atoms with Crippen LogP contribution in [0.4, 0.5) is 14.5 Å². The number of para-hydroxylation sites is 2. The molecule has 0 aliphatic carbocycles. The lowest BCUT2D eigenvalue weighted by Crippen LogP contribution is -2.63. The van der Waals surface area contributed by atoms with Gasteiger partial charge in [0.25, 0.3) is 0 Å². The number of carbonyl (C=O) groups excluding carboxylic acids is 8. The van der Waals surface area contributed by atoms with Crippen LogP contribution in [-0.2, 0) is 52.6 Å². The van der Waals surface area contributed by atoms with Crippen molar-refractivity contribution in [1.29, 1.82) is 0 Å². The lowest BCUT2D eigenvalue weighted by atomic mass is 9.81. The van der Waals surface area contributed by atoms with Crippen molar-refractivity contribution in [3.8, 4) is 5.75 Å². The first-order chi connectivity index (χ1) is 29.3. The lowest BCUT2D eigenvalue weighted by Gasteiger charge is -2.42. The highest BCUT2D eigenvalue weighted by molar-refractivity contribution is 5.98. The van der Waals surface area contributed by atoms with E-state index in [1.807, 2.05) is 19.9 Å². The van der Waals surface area contributed by atoms with E-state index in [9.17, 15) is 57.0 Å². The molecular formula is C41H50F2N6O13. The summed E-state index contributed by atoms with van der Waals surface area (Å²) in [6.45, 7) is 3.80. The van der Waals surface area contributed by atoms with Gasteiger partial charge in [0, 0.05) is 12.1 Å². The summed E-state index contributed by atoms with van der Waals surface area (Å²) in [6, 6.07) is 3.28. The number of hydrogen-bond acceptors (Lipinski definition) is 13. The molecule has 1 aliphatic rings. The molecule has 0 bridgehead atoms. The third-order valence-corrected chi connectivity index (χ3v) is 9.54. The number of carbonyl (C=O) groups is 9. The van der Waals surface area contributed by atoms with Crippen LogP contribution in [0.25, 0.3) is 6.08 Å². The van der Waals surface area contributed by atoms with Crippen LogP contribution in [0.5, 0.6) is 5.75 Å². The van der Waals surface area contributed by atoms with E-state index in [0.29, 0.717) is 12.1 Å². The van der Waals surface area contributed by atoms with Crippen LogP contribution in [0, 0.1) is 23.5 Å². The number of nitrogens with one attached hydrogen (secondary N) is 6. The second kappa shape index (κ2) is 23.2. The molecule has 0 spiro atoms. The van der Waals surface area contributed by atoms with Gasteiger partial charge < -0.3 is 51.2 Å². The Morgan fingerprint density at radius 2 is 1.35 bits per heavy atom. The number of aliphatic carboxylic acids is 1. The highest BCUT2D eigenvalue weighted by Gasteiger charge is 2.44. The van der Waals surface area contributed by atoms with Crippen LogP contribution in [-0.4, -0.2) is 109 Å². The van der Waals surface area contributed by atoms with Gasteiger partial charge in [-0.25, -0.2) is 8.78 Å². The Hall–Kier alpha value is -6.93. The second-order valence-electron chi connectivity index (χ2n) is 14.6. The Bertz CT molecular complexity index is 2010. The molecule has 5 amide bonds. The Morgan fingerprint density at radius 3 is 1.95 bits per heavy atom. The van der Waals surface area contributed by atoms with Gasteiger partial charge in [-0.15, -0.1) is 0 Å². The van der Waals surface area contributed by atoms with Crippen LogP contribution < -0.4 is 36.6 Å². The number of methoxy groups -OCH3 is 2. The van der Waals surface area contributed by atoms with Crippen LogP contribution >= 0.6 is 0 Å². The number of carboxylic acid groups (broad SMARTS) is 1. The van der Waals surface area contributed by atoms with E-state index in [1.165, 1.54) is 0 Å². The summed E-state index contributed by atoms with van der Waals surface area (Å²) in [5.74, 6) is -12.8. The van der Waals surface area contributed by atoms with E-state index in [0.717, 1.165) is 44.9 Å². The molecule has 2 aromatic rings. The van der Waals surface area contributed by atoms with Crippen molar-refractivity contribution in [3.05, 3.63) is 65.7 Å². The number of rotatable bonds is 24. The smallest absolute Gasteiger partial charge is 0.308 e. The van der Waals surface area contributed by atoms with Gasteiger partial charge >= 0.3 is 17.9 Å². The summed E-state index contributed by atoms with van der Waals surface area (Å²) in [4.78, 5) is 116. The van der Waals surface area contributed by atoms with Gasteiger partial charge in [0.05, 0.1) is 33.0 Å². The molecule has 7 N–H and O–H groups in total. The standard InChI is InChI=1S/C41H50F2N6O13/c1-22(2)17-25(41(44-21-50)16-15-24-9-6-7-12-28(24)49-41)38(57)48-31(19-35(55)61-5)40(59)46-29(13-14-33(52)53)39(58)45-23(3)37(56)47-30(18-34(54)60-4)32(51)20-62-36-26(42)10-8-11-27(36)43/h6-12,15-16,21-23,25,29-31,49H,13-14,17-20H2,1-5H3,(H,44,50)(H,45,58)(H,46,59)(H,47,56)(H,48,57)(H,52,53)/t23-,25?,29-,30?,31-,41+/m0/s1. The fraction of sp³-hybridized carbons (Fsp3) is 0.439. The summed E-state index contributed by atoms with van der Waals surface area (Å²) in [5, 5.41) is 24.7. The van der Waals surface area contributed by atoms with E-state index in [-0.39, 0.29) is 12.3 Å². The average molecular weight is 873 g/mol. The van der Waals surface area contributed by atoms with Crippen molar-refractivity contribution < 1.29 is 71.2 Å². The maximum atomic E-state index is 14.2. The number of ether oxygens (including phenoxy) is 3. The van der Waals surface area contributed by atoms with Gasteiger partial charge in [-0.3, -0.25) is 43.2 Å². The molecule has 0 radical (unpaired) electrons. The molecule has 2 aromatic carbocycles. The van der Waals surface area contributed by atoms with Crippen molar-refractivity contribution in [3.63, 3.8) is 0 Å². The number of carboxylic acids is 1. The molecule has 6 atom stereocenters. The molecule has 21 heteroatoms. The topological polar surface area (TPSA) is 274 Å². The van der Waals surface area contributed by atoms with Crippen molar-refractivity contribution in [2.24, 2.45) is 11.8 Å². The first-order valence-corrected chi connectivity index (χ1v) is 19.3. The zero-order valence-electron chi connectivity index (χ0n) is 34.6. The molecule has 1 heterocycles. The SMILES string of the molecule is COC(=O)CC(NC(=O)[C@H](C)NC(=O)[C@H](CCC(=O)O)NC(=O)[C@H](CC(=O)OC)NC(=O)C(CC(C)C)[C@@]1(NC=O)C=Cc2ccccc2N1)C(=O)COc1c(F)cccc1F. The highest BCUT2D eigenvalue weighted by atomic mass is 19.1. The number of amides is 5. The summed E-state index contributed by atoms with van der Waals surface area (Å²) >= 11 is 0. The molecule has 62 heavy (non-hydrogen) atoms. The van der Waals surface area contributed by atoms with Crippen LogP contribution in [0.15, 0.2) is 48.5 Å². The van der Waals surface area contributed by atoms with E-state index in [4.69, 9.17) is 9.47 Å². The number of hydrogen-bond donors (Lipinski definition) is 7. The van der Waals surface area contributed by atoms with Crippen molar-refractivity contribution in [1.82, 2.24) is 26.6 Å². The predicted octanol–water partition coefficient (Wildman–Crippen LogP) is 1.11. The van der Waals surface area contributed by atoms with Gasteiger partial charge in [0.15, 0.2) is 23.2 Å². The van der Waals surface area contributed by atoms with Gasteiger partial charge in [0.2, 0.25) is 30.0 Å². The number of Topliss-reactive ketones (excluding diaryl/α,β-unsaturated/α-hetero) is 1.